The number of rotatable bonds is 7. The van der Waals surface area contributed by atoms with Crippen molar-refractivity contribution in [2.24, 2.45) is 5.73 Å². The first kappa shape index (κ1) is 18.6. The van der Waals surface area contributed by atoms with Gasteiger partial charge in [-0.1, -0.05) is 11.3 Å². The highest BCUT2D eigenvalue weighted by Crippen LogP contribution is 2.38. The van der Waals surface area contributed by atoms with Gasteiger partial charge in [0.25, 0.3) is 5.69 Å². The fourth-order valence-corrected chi connectivity index (χ4v) is 3.91. The van der Waals surface area contributed by atoms with Crippen molar-refractivity contribution in [1.29, 1.82) is 0 Å². The van der Waals surface area contributed by atoms with Crippen molar-refractivity contribution in [1.82, 2.24) is 10.2 Å². The van der Waals surface area contributed by atoms with Gasteiger partial charge in [0.1, 0.15) is 5.75 Å². The van der Waals surface area contributed by atoms with Crippen molar-refractivity contribution >= 4 is 45.5 Å². The van der Waals surface area contributed by atoms with E-state index in [-0.39, 0.29) is 11.3 Å². The van der Waals surface area contributed by atoms with E-state index in [2.05, 4.69) is 15.5 Å². The normalized spacial score (nSPS) is 10.4. The van der Waals surface area contributed by atoms with Gasteiger partial charge in [-0.05, 0) is 48.2 Å². The Bertz CT molecular complexity index is 991. The number of carbonyl (C=O) groups is 1. The molecule has 1 aromatic heterocycles. The molecule has 1 heterocycles. The zero-order valence-electron chi connectivity index (χ0n) is 13.9. The van der Waals surface area contributed by atoms with E-state index in [1.807, 2.05) is 24.3 Å². The number of nitrogens with one attached hydrogen (secondary N) is 1. The Morgan fingerprint density at radius 3 is 2.63 bits per heavy atom. The summed E-state index contributed by atoms with van der Waals surface area (Å²) in [7, 11) is 1.59. The lowest BCUT2D eigenvalue weighted by molar-refractivity contribution is -0.387. The number of aromatic nitrogens is 2. The van der Waals surface area contributed by atoms with E-state index >= 15 is 0 Å². The number of anilines is 2. The minimum absolute atomic E-state index is 0.0742. The van der Waals surface area contributed by atoms with Crippen LogP contribution in [0.25, 0.3) is 0 Å². The van der Waals surface area contributed by atoms with E-state index < -0.39 is 10.8 Å². The van der Waals surface area contributed by atoms with Gasteiger partial charge in [-0.15, -0.1) is 10.2 Å². The number of hydrogen-bond donors (Lipinski definition) is 2. The highest BCUT2D eigenvalue weighted by Gasteiger charge is 2.19. The van der Waals surface area contributed by atoms with E-state index in [4.69, 9.17) is 10.5 Å². The van der Waals surface area contributed by atoms with Crippen molar-refractivity contribution in [3.8, 4) is 5.75 Å². The lowest BCUT2D eigenvalue weighted by atomic mass is 10.2. The molecule has 0 fully saturated rings. The second-order valence-corrected chi connectivity index (χ2v) is 7.40. The Labute approximate surface area is 161 Å². The first-order valence-electron chi connectivity index (χ1n) is 7.47. The summed E-state index contributed by atoms with van der Waals surface area (Å²) >= 11 is 2.34. The third-order valence-corrected chi connectivity index (χ3v) is 5.34. The quantitative estimate of drug-likeness (QED) is 0.453. The lowest BCUT2D eigenvalue weighted by Crippen LogP contribution is -2.11. The molecule has 0 radical (unpaired) electrons. The molecule has 9 nitrogen and oxygen atoms in total. The van der Waals surface area contributed by atoms with Gasteiger partial charge in [-0.3, -0.25) is 14.9 Å². The van der Waals surface area contributed by atoms with Crippen LogP contribution in [0, 0.1) is 10.1 Å². The summed E-state index contributed by atoms with van der Waals surface area (Å²) in [6.45, 7) is 0. The molecule has 0 bridgehead atoms. The van der Waals surface area contributed by atoms with Crippen LogP contribution in [0.2, 0.25) is 0 Å². The van der Waals surface area contributed by atoms with Crippen LogP contribution in [-0.4, -0.2) is 28.1 Å². The van der Waals surface area contributed by atoms with Crippen molar-refractivity contribution < 1.29 is 14.5 Å². The van der Waals surface area contributed by atoms with Crippen molar-refractivity contribution in [3.05, 3.63) is 58.1 Å². The Hall–Kier alpha value is -3.18. The fraction of sp³-hybridized carbons (Fsp3) is 0.0625. The fourth-order valence-electron chi connectivity index (χ4n) is 2.09. The number of ether oxygens (including phenoxy) is 1. The topological polar surface area (TPSA) is 133 Å². The van der Waals surface area contributed by atoms with Crippen molar-refractivity contribution in [2.45, 2.75) is 9.24 Å². The van der Waals surface area contributed by atoms with Gasteiger partial charge in [-0.2, -0.15) is 0 Å². The van der Waals surface area contributed by atoms with E-state index in [1.165, 1.54) is 23.5 Å². The van der Waals surface area contributed by atoms with Crippen LogP contribution in [0.4, 0.5) is 16.5 Å². The molecule has 0 atom stereocenters. The Morgan fingerprint density at radius 1 is 1.26 bits per heavy atom. The molecule has 3 rings (SSSR count). The van der Waals surface area contributed by atoms with Crippen LogP contribution in [0.15, 0.2) is 51.7 Å². The average molecular weight is 403 g/mol. The molecule has 0 aliphatic carbocycles. The smallest absolute Gasteiger partial charge is 0.284 e. The molecular weight excluding hydrogens is 390 g/mol. The number of benzene rings is 2. The van der Waals surface area contributed by atoms with E-state index in [0.717, 1.165) is 29.3 Å². The van der Waals surface area contributed by atoms with Gasteiger partial charge in [0, 0.05) is 17.3 Å². The molecule has 2 aromatic carbocycles. The SMILES string of the molecule is COc1ccc(Nc2nnc(Sc3ccc(C(N)=O)cc3[N+](=O)[O-])s2)cc1. The summed E-state index contributed by atoms with van der Waals surface area (Å²) in [5.41, 5.74) is 5.84. The molecular formula is C16H13N5O4S2. The number of hydrogen-bond acceptors (Lipinski definition) is 9. The second kappa shape index (κ2) is 8.01. The van der Waals surface area contributed by atoms with Crippen LogP contribution in [0.3, 0.4) is 0 Å². The molecule has 3 N–H and O–H groups in total. The molecule has 138 valence electrons. The summed E-state index contributed by atoms with van der Waals surface area (Å²) in [5.74, 6) is 0.0114. The molecule has 0 saturated heterocycles. The maximum absolute atomic E-state index is 11.3. The van der Waals surface area contributed by atoms with Crippen molar-refractivity contribution in [3.63, 3.8) is 0 Å². The number of carbonyl (C=O) groups excluding carboxylic acids is 1. The zero-order valence-corrected chi connectivity index (χ0v) is 15.5. The minimum atomic E-state index is -0.725. The summed E-state index contributed by atoms with van der Waals surface area (Å²) < 4.78 is 5.62. The third kappa shape index (κ3) is 4.51. The maximum Gasteiger partial charge on any atom is 0.284 e. The molecule has 27 heavy (non-hydrogen) atoms. The summed E-state index contributed by atoms with van der Waals surface area (Å²) in [6.07, 6.45) is 0. The number of nitrogens with two attached hydrogens (primary N) is 1. The number of nitro groups is 1. The van der Waals surface area contributed by atoms with E-state index in [1.54, 1.807) is 7.11 Å². The minimum Gasteiger partial charge on any atom is -0.497 e. The largest absolute Gasteiger partial charge is 0.497 e. The summed E-state index contributed by atoms with van der Waals surface area (Å²) in [5, 5.41) is 23.0. The molecule has 0 unspecified atom stereocenters. The number of nitrogens with zero attached hydrogens (tertiary/aromatic N) is 3. The number of nitro benzene ring substituents is 1. The summed E-state index contributed by atoms with van der Waals surface area (Å²) in [4.78, 5) is 22.3. The average Bonchev–Trinajstić information content (AvgIpc) is 3.09. The predicted octanol–water partition coefficient (Wildman–Crippen LogP) is 3.45. The molecule has 0 aliphatic rings. The molecule has 11 heteroatoms. The Balaban J connectivity index is 1.77. The van der Waals surface area contributed by atoms with Crippen LogP contribution in [0.1, 0.15) is 10.4 Å². The predicted molar refractivity (Wildman–Crippen MR) is 102 cm³/mol. The standard InChI is InChI=1S/C16H13N5O4S2/c1-25-11-5-3-10(4-6-11)18-15-19-20-16(27-15)26-13-7-2-9(14(17)22)8-12(13)21(23)24/h2-8H,1H3,(H2,17,22)(H,18,19). The molecule has 0 aliphatic heterocycles. The number of primary amides is 1. The Kier molecular flexibility index (Phi) is 5.52. The van der Waals surface area contributed by atoms with E-state index in [9.17, 15) is 14.9 Å². The van der Waals surface area contributed by atoms with Gasteiger partial charge in [0.15, 0.2) is 4.34 Å². The summed E-state index contributed by atoms with van der Waals surface area (Å²) in [6, 6.07) is 11.4. The van der Waals surface area contributed by atoms with Crippen LogP contribution in [-0.2, 0) is 0 Å². The second-order valence-electron chi connectivity index (χ2n) is 5.13. The lowest BCUT2D eigenvalue weighted by Gasteiger charge is -2.03. The van der Waals surface area contributed by atoms with Crippen LogP contribution in [0.5, 0.6) is 5.75 Å². The number of amides is 1. The van der Waals surface area contributed by atoms with Gasteiger partial charge < -0.3 is 15.8 Å². The van der Waals surface area contributed by atoms with Crippen molar-refractivity contribution in [2.75, 3.05) is 12.4 Å². The number of methoxy groups -OCH3 is 1. The molecule has 0 saturated carbocycles. The third-order valence-electron chi connectivity index (χ3n) is 3.39. The van der Waals surface area contributed by atoms with Gasteiger partial charge in [0.2, 0.25) is 11.0 Å². The zero-order chi connectivity index (χ0) is 19.4. The highest BCUT2D eigenvalue weighted by molar-refractivity contribution is 8.01. The van der Waals surface area contributed by atoms with Gasteiger partial charge in [-0.25, -0.2) is 0 Å². The van der Waals surface area contributed by atoms with Crippen LogP contribution < -0.4 is 15.8 Å². The molecule has 3 aromatic rings. The first-order valence-corrected chi connectivity index (χ1v) is 9.10. The van der Waals surface area contributed by atoms with Crippen LogP contribution >= 0.6 is 23.1 Å². The van der Waals surface area contributed by atoms with Gasteiger partial charge in [0.05, 0.1) is 16.9 Å². The maximum atomic E-state index is 11.3. The molecule has 1 amide bonds. The van der Waals surface area contributed by atoms with Gasteiger partial charge >= 0.3 is 0 Å². The monoisotopic (exact) mass is 403 g/mol. The highest BCUT2D eigenvalue weighted by atomic mass is 32.2. The first-order chi connectivity index (χ1) is 13.0. The Morgan fingerprint density at radius 2 is 2.00 bits per heavy atom. The van der Waals surface area contributed by atoms with E-state index in [0.29, 0.717) is 14.4 Å². The molecule has 0 spiro atoms.